The maximum absolute atomic E-state index is 12.7. The van der Waals surface area contributed by atoms with Crippen LogP contribution in [-0.2, 0) is 9.59 Å². The van der Waals surface area contributed by atoms with Gasteiger partial charge in [0.25, 0.3) is 0 Å². The predicted molar refractivity (Wildman–Crippen MR) is 116 cm³/mol. The predicted octanol–water partition coefficient (Wildman–Crippen LogP) is 2.77. The highest BCUT2D eigenvalue weighted by Crippen LogP contribution is 2.26. The highest BCUT2D eigenvalue weighted by molar-refractivity contribution is 6.05. The van der Waals surface area contributed by atoms with Crippen LogP contribution in [0.2, 0.25) is 0 Å². The molecule has 2 unspecified atom stereocenters. The third-order valence-corrected chi connectivity index (χ3v) is 5.15. The first-order valence-corrected chi connectivity index (χ1v) is 10.6. The molecule has 0 bridgehead atoms. The molecule has 2 heterocycles. The first-order valence-electron chi connectivity index (χ1n) is 10.6. The number of methoxy groups -OCH3 is 2. The SMILES string of the molecule is COc1cc(OC)nc(Oc2ccc(OC(C)C(=O)C(C#N)C(=O)N3CCCCC3)cc2)n1. The maximum atomic E-state index is 12.7. The molecular formula is C23H26N4O6. The lowest BCUT2D eigenvalue weighted by molar-refractivity contribution is -0.142. The van der Waals surface area contributed by atoms with Crippen LogP contribution < -0.4 is 18.9 Å². The van der Waals surface area contributed by atoms with E-state index in [1.165, 1.54) is 27.2 Å². The van der Waals surface area contributed by atoms with Gasteiger partial charge in [0.05, 0.1) is 26.4 Å². The smallest absolute Gasteiger partial charge is 0.328 e. The van der Waals surface area contributed by atoms with Crippen LogP contribution in [0.4, 0.5) is 0 Å². The van der Waals surface area contributed by atoms with E-state index in [2.05, 4.69) is 9.97 Å². The second-order valence-corrected chi connectivity index (χ2v) is 7.42. The van der Waals surface area contributed by atoms with E-state index in [1.807, 2.05) is 6.07 Å². The van der Waals surface area contributed by atoms with Crippen molar-refractivity contribution in [1.29, 1.82) is 5.26 Å². The molecule has 3 rings (SSSR count). The molecule has 0 radical (unpaired) electrons. The van der Waals surface area contributed by atoms with E-state index in [1.54, 1.807) is 29.2 Å². The van der Waals surface area contributed by atoms with Gasteiger partial charge in [0.15, 0.2) is 17.8 Å². The third-order valence-electron chi connectivity index (χ3n) is 5.15. The molecule has 1 amide bonds. The van der Waals surface area contributed by atoms with Gasteiger partial charge in [0.2, 0.25) is 17.7 Å². The van der Waals surface area contributed by atoms with Crippen molar-refractivity contribution < 1.29 is 28.5 Å². The van der Waals surface area contributed by atoms with E-state index in [0.717, 1.165) is 19.3 Å². The van der Waals surface area contributed by atoms with E-state index in [4.69, 9.17) is 18.9 Å². The van der Waals surface area contributed by atoms with Crippen molar-refractivity contribution in [2.45, 2.75) is 32.3 Å². The number of hydrogen-bond donors (Lipinski definition) is 0. The van der Waals surface area contributed by atoms with Gasteiger partial charge in [-0.3, -0.25) is 9.59 Å². The van der Waals surface area contributed by atoms with Crippen molar-refractivity contribution in [3.05, 3.63) is 30.3 Å². The summed E-state index contributed by atoms with van der Waals surface area (Å²) in [6, 6.07) is 9.83. The molecule has 10 heteroatoms. The average molecular weight is 454 g/mol. The van der Waals surface area contributed by atoms with Crippen LogP contribution >= 0.6 is 0 Å². The number of piperidine rings is 1. The quantitative estimate of drug-likeness (QED) is 0.526. The Bertz CT molecular complexity index is 992. The maximum Gasteiger partial charge on any atom is 0.328 e. The summed E-state index contributed by atoms with van der Waals surface area (Å²) in [6.07, 6.45) is 1.84. The lowest BCUT2D eigenvalue weighted by Crippen LogP contribution is -2.44. The number of carbonyl (C=O) groups excluding carboxylic acids is 2. The minimum Gasteiger partial charge on any atom is -0.483 e. The minimum absolute atomic E-state index is 0.0384. The number of carbonyl (C=O) groups is 2. The van der Waals surface area contributed by atoms with Gasteiger partial charge in [0.1, 0.15) is 11.5 Å². The summed E-state index contributed by atoms with van der Waals surface area (Å²) in [6.45, 7) is 2.67. The highest BCUT2D eigenvalue weighted by atomic mass is 16.5. The van der Waals surface area contributed by atoms with Gasteiger partial charge >= 0.3 is 6.01 Å². The van der Waals surface area contributed by atoms with Gasteiger partial charge in [-0.05, 0) is 50.5 Å². The molecule has 0 N–H and O–H groups in total. The van der Waals surface area contributed by atoms with Gasteiger partial charge in [-0.2, -0.15) is 15.2 Å². The standard InChI is InChI=1S/C23H26N4O6/c1-15(21(28)18(14-24)22(29)27-11-5-4-6-12-27)32-16-7-9-17(10-8-16)33-23-25-19(30-2)13-20(26-23)31-3/h7-10,13,15,18H,4-6,11-12H2,1-3H3. The Kier molecular flexibility index (Phi) is 8.02. The zero-order valence-corrected chi connectivity index (χ0v) is 18.8. The van der Waals surface area contributed by atoms with Crippen molar-refractivity contribution in [3.63, 3.8) is 0 Å². The molecule has 1 aliphatic rings. The van der Waals surface area contributed by atoms with Gasteiger partial charge in [-0.25, -0.2) is 0 Å². The molecule has 1 fully saturated rings. The molecule has 1 saturated heterocycles. The number of likely N-dealkylation sites (tertiary alicyclic amines) is 1. The second kappa shape index (κ2) is 11.1. The summed E-state index contributed by atoms with van der Waals surface area (Å²) < 4.78 is 21.5. The fourth-order valence-corrected chi connectivity index (χ4v) is 3.36. The topological polar surface area (TPSA) is 124 Å². The Labute approximate surface area is 192 Å². The number of benzene rings is 1. The number of nitriles is 1. The monoisotopic (exact) mass is 454 g/mol. The summed E-state index contributed by atoms with van der Waals surface area (Å²) in [5.41, 5.74) is 0. The van der Waals surface area contributed by atoms with E-state index >= 15 is 0 Å². The lowest BCUT2D eigenvalue weighted by Gasteiger charge is -2.28. The average Bonchev–Trinajstić information content (AvgIpc) is 2.85. The van der Waals surface area contributed by atoms with Crippen molar-refractivity contribution in [2.24, 2.45) is 5.92 Å². The molecular weight excluding hydrogens is 428 g/mol. The van der Waals surface area contributed by atoms with Crippen molar-refractivity contribution in [1.82, 2.24) is 14.9 Å². The highest BCUT2D eigenvalue weighted by Gasteiger charge is 2.35. The number of rotatable bonds is 9. The van der Waals surface area contributed by atoms with Crippen LogP contribution in [-0.4, -0.2) is 60.0 Å². The van der Waals surface area contributed by atoms with Gasteiger partial charge in [-0.1, -0.05) is 0 Å². The summed E-state index contributed by atoms with van der Waals surface area (Å²) in [5, 5.41) is 9.44. The van der Waals surface area contributed by atoms with E-state index in [0.29, 0.717) is 24.6 Å². The van der Waals surface area contributed by atoms with Crippen LogP contribution in [0, 0.1) is 17.2 Å². The Morgan fingerprint density at radius 2 is 1.58 bits per heavy atom. The summed E-state index contributed by atoms with van der Waals surface area (Å²) in [5.74, 6) is -1.01. The van der Waals surface area contributed by atoms with E-state index in [9.17, 15) is 14.9 Å². The molecule has 10 nitrogen and oxygen atoms in total. The van der Waals surface area contributed by atoms with Crippen LogP contribution in [0.5, 0.6) is 29.3 Å². The van der Waals surface area contributed by atoms with Crippen molar-refractivity contribution in [3.8, 4) is 35.3 Å². The number of Topliss-reactive ketones (excluding diaryl/α,β-unsaturated/α-hetero) is 1. The second-order valence-electron chi connectivity index (χ2n) is 7.42. The Morgan fingerprint density at radius 3 is 2.12 bits per heavy atom. The fraction of sp³-hybridized carbons (Fsp3) is 0.435. The van der Waals surface area contributed by atoms with Gasteiger partial charge in [-0.15, -0.1) is 0 Å². The molecule has 1 aromatic heterocycles. The number of nitrogens with zero attached hydrogens (tertiary/aromatic N) is 4. The molecule has 33 heavy (non-hydrogen) atoms. The molecule has 2 atom stereocenters. The molecule has 1 aliphatic heterocycles. The van der Waals surface area contributed by atoms with Gasteiger partial charge < -0.3 is 23.8 Å². The Balaban J connectivity index is 1.62. The summed E-state index contributed by atoms with van der Waals surface area (Å²) >= 11 is 0. The summed E-state index contributed by atoms with van der Waals surface area (Å²) in [7, 11) is 2.94. The van der Waals surface area contributed by atoms with Crippen molar-refractivity contribution in [2.75, 3.05) is 27.3 Å². The normalized spacial score (nSPS) is 15.0. The third kappa shape index (κ3) is 6.10. The first-order chi connectivity index (χ1) is 15.9. The molecule has 2 aromatic rings. The Hall–Kier alpha value is -3.87. The van der Waals surface area contributed by atoms with Crippen LogP contribution in [0.25, 0.3) is 0 Å². The van der Waals surface area contributed by atoms with E-state index in [-0.39, 0.29) is 17.8 Å². The van der Waals surface area contributed by atoms with Crippen molar-refractivity contribution >= 4 is 11.7 Å². The molecule has 0 saturated carbocycles. The van der Waals surface area contributed by atoms with Gasteiger partial charge in [0, 0.05) is 13.1 Å². The number of hydrogen-bond acceptors (Lipinski definition) is 9. The zero-order chi connectivity index (χ0) is 23.8. The molecule has 0 spiro atoms. The fourth-order valence-electron chi connectivity index (χ4n) is 3.36. The largest absolute Gasteiger partial charge is 0.483 e. The number of amides is 1. The minimum atomic E-state index is -1.37. The van der Waals surface area contributed by atoms with E-state index < -0.39 is 23.7 Å². The molecule has 174 valence electrons. The zero-order valence-electron chi connectivity index (χ0n) is 18.8. The van der Waals surface area contributed by atoms with Crippen LogP contribution in [0.1, 0.15) is 26.2 Å². The number of aromatic nitrogens is 2. The lowest BCUT2D eigenvalue weighted by atomic mass is 9.99. The molecule has 0 aliphatic carbocycles. The molecule has 1 aromatic carbocycles. The number of ketones is 1. The first kappa shape index (κ1) is 23.8. The Morgan fingerprint density at radius 1 is 1.00 bits per heavy atom. The number of ether oxygens (including phenoxy) is 4. The summed E-state index contributed by atoms with van der Waals surface area (Å²) in [4.78, 5) is 35.1. The van der Waals surface area contributed by atoms with Crippen LogP contribution in [0.15, 0.2) is 30.3 Å². The van der Waals surface area contributed by atoms with Crippen LogP contribution in [0.3, 0.4) is 0 Å².